The molecule has 1 fully saturated rings. The molecule has 1 aliphatic rings. The van der Waals surface area contributed by atoms with Crippen LogP contribution in [-0.2, 0) is 9.47 Å². The van der Waals surface area contributed by atoms with Gasteiger partial charge in [0.1, 0.15) is 0 Å². The Hall–Kier alpha value is -0.0800. The Morgan fingerprint density at radius 3 is 2.48 bits per heavy atom. The van der Waals surface area contributed by atoms with Gasteiger partial charge in [-0.2, -0.15) is 0 Å². The molecule has 1 rings (SSSR count). The van der Waals surface area contributed by atoms with Crippen LogP contribution in [0.15, 0.2) is 4.99 Å². The molecule has 0 aromatic rings. The summed E-state index contributed by atoms with van der Waals surface area (Å²) in [5.41, 5.74) is 0.368. The monoisotopic (exact) mass is 441 g/mol. The van der Waals surface area contributed by atoms with Gasteiger partial charge in [-0.1, -0.05) is 20.3 Å². The van der Waals surface area contributed by atoms with E-state index in [0.29, 0.717) is 11.3 Å². The molecule has 0 aromatic heterocycles. The van der Waals surface area contributed by atoms with Crippen molar-refractivity contribution in [2.75, 3.05) is 46.6 Å². The first-order valence-corrected chi connectivity index (χ1v) is 8.71. The van der Waals surface area contributed by atoms with Crippen molar-refractivity contribution in [3.63, 3.8) is 0 Å². The van der Waals surface area contributed by atoms with E-state index in [2.05, 4.69) is 31.4 Å². The minimum Gasteiger partial charge on any atom is -0.385 e. The molecule has 23 heavy (non-hydrogen) atoms. The van der Waals surface area contributed by atoms with E-state index < -0.39 is 0 Å². The second-order valence-corrected chi connectivity index (χ2v) is 6.69. The van der Waals surface area contributed by atoms with E-state index in [1.165, 1.54) is 19.3 Å². The standard InChI is InChI=1S/C17H35N3O2.HI/c1-5-18-16(19-10-12-22-13-15(2)3)20-14-17(7-6-8-17)9-11-21-4;/h15H,5-14H2,1-4H3,(H2,18,19,20);1H. The quantitative estimate of drug-likeness (QED) is 0.224. The molecule has 0 spiro atoms. The van der Waals surface area contributed by atoms with Crippen LogP contribution in [0.3, 0.4) is 0 Å². The summed E-state index contributed by atoms with van der Waals surface area (Å²) >= 11 is 0. The largest absolute Gasteiger partial charge is 0.385 e. The normalized spacial score (nSPS) is 16.7. The average Bonchev–Trinajstić information content (AvgIpc) is 2.45. The van der Waals surface area contributed by atoms with Crippen LogP contribution in [-0.4, -0.2) is 52.5 Å². The Morgan fingerprint density at radius 1 is 1.22 bits per heavy atom. The average molecular weight is 441 g/mol. The smallest absolute Gasteiger partial charge is 0.191 e. The number of methoxy groups -OCH3 is 1. The lowest BCUT2D eigenvalue weighted by molar-refractivity contribution is 0.0778. The maximum absolute atomic E-state index is 5.59. The Bertz CT molecular complexity index is 321. The Kier molecular flexibility index (Phi) is 13.2. The summed E-state index contributed by atoms with van der Waals surface area (Å²) in [6, 6.07) is 0. The number of hydrogen-bond donors (Lipinski definition) is 2. The number of nitrogens with one attached hydrogen (secondary N) is 2. The lowest BCUT2D eigenvalue weighted by Crippen LogP contribution is -2.41. The van der Waals surface area contributed by atoms with Gasteiger partial charge < -0.3 is 20.1 Å². The van der Waals surface area contributed by atoms with E-state index in [-0.39, 0.29) is 24.0 Å². The van der Waals surface area contributed by atoms with Crippen molar-refractivity contribution in [3.8, 4) is 0 Å². The second-order valence-electron chi connectivity index (χ2n) is 6.69. The first-order chi connectivity index (χ1) is 10.6. The second kappa shape index (κ2) is 13.2. The van der Waals surface area contributed by atoms with Crippen LogP contribution in [0.1, 0.15) is 46.5 Å². The van der Waals surface area contributed by atoms with Crippen molar-refractivity contribution in [2.24, 2.45) is 16.3 Å². The van der Waals surface area contributed by atoms with Gasteiger partial charge in [-0.3, -0.25) is 4.99 Å². The fraction of sp³-hybridized carbons (Fsp3) is 0.941. The molecule has 0 amide bonds. The van der Waals surface area contributed by atoms with Gasteiger partial charge in [-0.05, 0) is 37.5 Å². The minimum absolute atomic E-state index is 0. The number of ether oxygens (including phenoxy) is 2. The van der Waals surface area contributed by atoms with Gasteiger partial charge in [-0.15, -0.1) is 24.0 Å². The summed E-state index contributed by atoms with van der Waals surface area (Å²) in [5, 5.41) is 6.67. The number of rotatable bonds is 11. The Labute approximate surface area is 159 Å². The minimum atomic E-state index is 0. The number of hydrogen-bond acceptors (Lipinski definition) is 3. The predicted octanol–water partition coefficient (Wildman–Crippen LogP) is 3.04. The number of guanidine groups is 1. The summed E-state index contributed by atoms with van der Waals surface area (Å²) in [6.07, 6.45) is 4.99. The summed E-state index contributed by atoms with van der Waals surface area (Å²) < 4.78 is 10.8. The zero-order valence-electron chi connectivity index (χ0n) is 15.3. The molecular weight excluding hydrogens is 405 g/mol. The summed E-state index contributed by atoms with van der Waals surface area (Å²) in [4.78, 5) is 4.78. The molecule has 0 heterocycles. The number of nitrogens with zero attached hydrogens (tertiary/aromatic N) is 1. The van der Waals surface area contributed by atoms with Crippen molar-refractivity contribution in [3.05, 3.63) is 0 Å². The van der Waals surface area contributed by atoms with Crippen LogP contribution in [0.4, 0.5) is 0 Å². The summed E-state index contributed by atoms with van der Waals surface area (Å²) in [6.45, 7) is 11.4. The van der Waals surface area contributed by atoms with Gasteiger partial charge >= 0.3 is 0 Å². The van der Waals surface area contributed by atoms with Gasteiger partial charge in [0.15, 0.2) is 5.96 Å². The fourth-order valence-electron chi connectivity index (χ4n) is 2.63. The summed E-state index contributed by atoms with van der Waals surface area (Å²) in [5.74, 6) is 1.49. The Balaban J connectivity index is 0.00000484. The van der Waals surface area contributed by atoms with Crippen molar-refractivity contribution < 1.29 is 9.47 Å². The van der Waals surface area contributed by atoms with E-state index in [1.807, 2.05) is 0 Å². The van der Waals surface area contributed by atoms with Crippen LogP contribution >= 0.6 is 24.0 Å². The van der Waals surface area contributed by atoms with E-state index in [4.69, 9.17) is 14.5 Å². The number of halogens is 1. The molecule has 6 heteroatoms. The first-order valence-electron chi connectivity index (χ1n) is 8.71. The van der Waals surface area contributed by atoms with E-state index >= 15 is 0 Å². The highest BCUT2D eigenvalue weighted by Gasteiger charge is 2.36. The van der Waals surface area contributed by atoms with Crippen LogP contribution in [0.25, 0.3) is 0 Å². The topological polar surface area (TPSA) is 54.9 Å². The highest BCUT2D eigenvalue weighted by molar-refractivity contribution is 14.0. The fourth-order valence-corrected chi connectivity index (χ4v) is 2.63. The summed E-state index contributed by atoms with van der Waals surface area (Å²) in [7, 11) is 1.78. The molecule has 0 radical (unpaired) electrons. The SMILES string of the molecule is CCNC(=NCC1(CCOC)CCC1)NCCOCC(C)C.I. The molecule has 5 nitrogen and oxygen atoms in total. The van der Waals surface area contributed by atoms with Gasteiger partial charge in [0.25, 0.3) is 0 Å². The zero-order chi connectivity index (χ0) is 16.3. The molecule has 0 bridgehead atoms. The maximum Gasteiger partial charge on any atom is 0.191 e. The lowest BCUT2D eigenvalue weighted by atomic mass is 9.67. The molecular formula is C17H36IN3O2. The third kappa shape index (κ3) is 9.72. The van der Waals surface area contributed by atoms with Crippen molar-refractivity contribution in [1.29, 1.82) is 0 Å². The van der Waals surface area contributed by atoms with Crippen LogP contribution in [0, 0.1) is 11.3 Å². The molecule has 0 aliphatic heterocycles. The van der Waals surface area contributed by atoms with Gasteiger partial charge in [0.2, 0.25) is 0 Å². The molecule has 1 saturated carbocycles. The molecule has 0 unspecified atom stereocenters. The molecule has 138 valence electrons. The van der Waals surface area contributed by atoms with Crippen molar-refractivity contribution in [1.82, 2.24) is 10.6 Å². The number of aliphatic imine (C=N–C) groups is 1. The van der Waals surface area contributed by atoms with Gasteiger partial charge in [0, 0.05) is 40.0 Å². The molecule has 0 atom stereocenters. The highest BCUT2D eigenvalue weighted by atomic mass is 127. The van der Waals surface area contributed by atoms with Gasteiger partial charge in [0.05, 0.1) is 6.61 Å². The molecule has 2 N–H and O–H groups in total. The highest BCUT2D eigenvalue weighted by Crippen LogP contribution is 2.44. The zero-order valence-corrected chi connectivity index (χ0v) is 17.7. The third-order valence-electron chi connectivity index (χ3n) is 4.16. The van der Waals surface area contributed by atoms with Crippen LogP contribution in [0.2, 0.25) is 0 Å². The van der Waals surface area contributed by atoms with Gasteiger partial charge in [-0.25, -0.2) is 0 Å². The maximum atomic E-state index is 5.59. The van der Waals surface area contributed by atoms with Crippen LogP contribution in [0.5, 0.6) is 0 Å². The van der Waals surface area contributed by atoms with E-state index in [1.54, 1.807) is 7.11 Å². The predicted molar refractivity (Wildman–Crippen MR) is 108 cm³/mol. The van der Waals surface area contributed by atoms with E-state index in [9.17, 15) is 0 Å². The molecule has 1 aliphatic carbocycles. The Morgan fingerprint density at radius 2 is 1.96 bits per heavy atom. The first kappa shape index (κ1) is 22.9. The molecule has 0 aromatic carbocycles. The van der Waals surface area contributed by atoms with Crippen molar-refractivity contribution >= 4 is 29.9 Å². The lowest BCUT2D eigenvalue weighted by Gasteiger charge is -2.40. The third-order valence-corrected chi connectivity index (χ3v) is 4.16. The van der Waals surface area contributed by atoms with Crippen molar-refractivity contribution in [2.45, 2.75) is 46.5 Å². The van der Waals surface area contributed by atoms with Crippen LogP contribution < -0.4 is 10.6 Å². The van der Waals surface area contributed by atoms with E-state index in [0.717, 1.165) is 51.8 Å². The molecule has 0 saturated heterocycles.